The van der Waals surface area contributed by atoms with Crippen LogP contribution in [0.4, 0.5) is 0 Å². The van der Waals surface area contributed by atoms with Gasteiger partial charge in [-0.3, -0.25) is 4.79 Å². The van der Waals surface area contributed by atoms with Crippen molar-refractivity contribution in [1.82, 2.24) is 0 Å². The molecular weight excluding hydrogens is 248 g/mol. The topological polar surface area (TPSA) is 76.7 Å². The zero-order valence-corrected chi connectivity index (χ0v) is 10.3. The van der Waals surface area contributed by atoms with E-state index in [1.54, 1.807) is 37.3 Å². The molecule has 2 aromatic rings. The molecule has 5 nitrogen and oxygen atoms in total. The molecule has 98 valence electrons. The van der Waals surface area contributed by atoms with Crippen molar-refractivity contribution in [2.45, 2.75) is 13.5 Å². The van der Waals surface area contributed by atoms with Gasteiger partial charge in [0.15, 0.2) is 0 Å². The zero-order chi connectivity index (χ0) is 13.8. The lowest BCUT2D eigenvalue weighted by Gasteiger charge is -2.03. The van der Waals surface area contributed by atoms with Crippen molar-refractivity contribution in [3.05, 3.63) is 53.0 Å². The van der Waals surface area contributed by atoms with E-state index in [1.165, 1.54) is 0 Å². The Morgan fingerprint density at radius 1 is 1.37 bits per heavy atom. The van der Waals surface area contributed by atoms with Gasteiger partial charge in [-0.2, -0.15) is 0 Å². The summed E-state index contributed by atoms with van der Waals surface area (Å²) in [6.07, 6.45) is 0.749. The third-order valence-corrected chi connectivity index (χ3v) is 2.56. The minimum absolute atomic E-state index is 0.0742. The molecule has 0 aliphatic heterocycles. The highest BCUT2D eigenvalue weighted by atomic mass is 16.5. The van der Waals surface area contributed by atoms with Crippen molar-refractivity contribution in [3.63, 3.8) is 0 Å². The summed E-state index contributed by atoms with van der Waals surface area (Å²) in [6.45, 7) is 1.80. The molecule has 0 fully saturated rings. The fraction of sp³-hybridized carbons (Fsp3) is 0.143. The molecule has 0 saturated carbocycles. The normalized spacial score (nSPS) is 10.2. The monoisotopic (exact) mass is 260 g/mol. The summed E-state index contributed by atoms with van der Waals surface area (Å²) in [6, 6.07) is 8.23. The number of benzene rings is 1. The van der Waals surface area contributed by atoms with Crippen molar-refractivity contribution >= 4 is 12.3 Å². The number of aromatic carboxylic acids is 1. The summed E-state index contributed by atoms with van der Waals surface area (Å²) < 4.78 is 10.6. The van der Waals surface area contributed by atoms with Crippen molar-refractivity contribution < 1.29 is 23.8 Å². The van der Waals surface area contributed by atoms with Crippen LogP contribution in [0.25, 0.3) is 0 Å². The number of carbonyl (C=O) groups is 2. The molecule has 1 aromatic carbocycles. The van der Waals surface area contributed by atoms with Crippen molar-refractivity contribution in [1.29, 1.82) is 0 Å². The molecule has 0 bridgehead atoms. The van der Waals surface area contributed by atoms with Gasteiger partial charge >= 0.3 is 5.97 Å². The number of hydrogen-bond acceptors (Lipinski definition) is 4. The third kappa shape index (κ3) is 3.01. The molecule has 1 N–H and O–H groups in total. The fourth-order valence-electron chi connectivity index (χ4n) is 1.63. The van der Waals surface area contributed by atoms with Gasteiger partial charge in [0.1, 0.15) is 24.4 Å². The fourth-order valence-corrected chi connectivity index (χ4v) is 1.63. The number of furan rings is 1. The van der Waals surface area contributed by atoms with E-state index in [4.69, 9.17) is 14.3 Å². The highest BCUT2D eigenvalue weighted by Crippen LogP contribution is 2.18. The van der Waals surface area contributed by atoms with E-state index < -0.39 is 5.97 Å². The van der Waals surface area contributed by atoms with Crippen LogP contribution in [-0.4, -0.2) is 17.4 Å². The third-order valence-electron chi connectivity index (χ3n) is 2.56. The van der Waals surface area contributed by atoms with Crippen LogP contribution >= 0.6 is 0 Å². The molecule has 5 heteroatoms. The number of ether oxygens (including phenoxy) is 1. The van der Waals surface area contributed by atoms with Gasteiger partial charge in [0.2, 0.25) is 5.76 Å². The largest absolute Gasteiger partial charge is 0.486 e. The summed E-state index contributed by atoms with van der Waals surface area (Å²) in [5, 5.41) is 8.85. The summed E-state index contributed by atoms with van der Waals surface area (Å²) in [4.78, 5) is 21.3. The minimum Gasteiger partial charge on any atom is -0.486 e. The average molecular weight is 260 g/mol. The van der Waals surface area contributed by atoms with Gasteiger partial charge in [0, 0.05) is 11.1 Å². The highest BCUT2D eigenvalue weighted by molar-refractivity contribution is 5.86. The van der Waals surface area contributed by atoms with Gasteiger partial charge in [-0.25, -0.2) is 4.79 Å². The second kappa shape index (κ2) is 5.39. The standard InChI is InChI=1S/C14H12O5/c1-9-6-12(19-13(9)14(16)17)8-18-11-4-2-10(7-15)3-5-11/h2-7H,8H2,1H3,(H,16,17). The summed E-state index contributed by atoms with van der Waals surface area (Å²) in [7, 11) is 0. The Bertz CT molecular complexity index is 595. The Hall–Kier alpha value is -2.56. The molecule has 0 aliphatic rings. The van der Waals surface area contributed by atoms with E-state index >= 15 is 0 Å². The average Bonchev–Trinajstić information content (AvgIpc) is 2.78. The first-order valence-electron chi connectivity index (χ1n) is 5.61. The van der Waals surface area contributed by atoms with E-state index in [0.29, 0.717) is 22.6 Å². The van der Waals surface area contributed by atoms with Crippen LogP contribution in [-0.2, 0) is 6.61 Å². The second-order valence-corrected chi connectivity index (χ2v) is 4.01. The molecule has 0 aliphatic carbocycles. The smallest absolute Gasteiger partial charge is 0.372 e. The first-order chi connectivity index (χ1) is 9.10. The first kappa shape index (κ1) is 12.9. The van der Waals surface area contributed by atoms with E-state index in [-0.39, 0.29) is 12.4 Å². The molecule has 19 heavy (non-hydrogen) atoms. The predicted molar refractivity (Wildman–Crippen MR) is 66.6 cm³/mol. The predicted octanol–water partition coefficient (Wildman–Crippen LogP) is 2.68. The first-order valence-corrected chi connectivity index (χ1v) is 5.61. The lowest BCUT2D eigenvalue weighted by molar-refractivity contribution is 0.0657. The van der Waals surface area contributed by atoms with Crippen molar-refractivity contribution in [2.24, 2.45) is 0 Å². The quantitative estimate of drug-likeness (QED) is 0.836. The molecule has 0 unspecified atom stereocenters. The van der Waals surface area contributed by atoms with Crippen LogP contribution in [0, 0.1) is 6.92 Å². The molecule has 0 spiro atoms. The number of carboxylic acid groups (broad SMARTS) is 1. The van der Waals surface area contributed by atoms with Crippen LogP contribution in [0.15, 0.2) is 34.7 Å². The Kier molecular flexibility index (Phi) is 3.66. The number of aryl methyl sites for hydroxylation is 1. The molecule has 0 saturated heterocycles. The maximum Gasteiger partial charge on any atom is 0.372 e. The van der Waals surface area contributed by atoms with Gasteiger partial charge in [-0.15, -0.1) is 0 Å². The zero-order valence-electron chi connectivity index (χ0n) is 10.3. The molecule has 0 atom stereocenters. The molecule has 1 heterocycles. The maximum atomic E-state index is 10.8. The maximum absolute atomic E-state index is 10.8. The summed E-state index contributed by atoms with van der Waals surface area (Å²) in [5.41, 5.74) is 1.12. The van der Waals surface area contributed by atoms with Gasteiger partial charge in [0.05, 0.1) is 0 Å². The van der Waals surface area contributed by atoms with Gasteiger partial charge in [0.25, 0.3) is 0 Å². The minimum atomic E-state index is -1.10. The molecule has 0 amide bonds. The number of carboxylic acids is 1. The van der Waals surface area contributed by atoms with Crippen LogP contribution < -0.4 is 4.74 Å². The summed E-state index contributed by atoms with van der Waals surface area (Å²) in [5.74, 6) is -0.153. The van der Waals surface area contributed by atoms with E-state index in [0.717, 1.165) is 6.29 Å². The Labute approximate surface area is 109 Å². The molecule has 2 rings (SSSR count). The lowest BCUT2D eigenvalue weighted by Crippen LogP contribution is -1.96. The van der Waals surface area contributed by atoms with Gasteiger partial charge in [-0.05, 0) is 37.3 Å². The number of hydrogen-bond donors (Lipinski definition) is 1. The summed E-state index contributed by atoms with van der Waals surface area (Å²) >= 11 is 0. The molecule has 0 radical (unpaired) electrons. The van der Waals surface area contributed by atoms with E-state index in [1.807, 2.05) is 0 Å². The van der Waals surface area contributed by atoms with Gasteiger partial charge in [-0.1, -0.05) is 0 Å². The van der Waals surface area contributed by atoms with Crippen molar-refractivity contribution in [3.8, 4) is 5.75 Å². The number of rotatable bonds is 5. The molecule has 1 aromatic heterocycles. The second-order valence-electron chi connectivity index (χ2n) is 4.01. The number of carbonyl (C=O) groups excluding carboxylic acids is 1. The van der Waals surface area contributed by atoms with E-state index in [2.05, 4.69) is 0 Å². The van der Waals surface area contributed by atoms with E-state index in [9.17, 15) is 9.59 Å². The highest BCUT2D eigenvalue weighted by Gasteiger charge is 2.14. The Morgan fingerprint density at radius 3 is 2.58 bits per heavy atom. The molecular formula is C14H12O5. The number of aldehydes is 1. The SMILES string of the molecule is Cc1cc(COc2ccc(C=O)cc2)oc1C(=O)O. The van der Waals surface area contributed by atoms with Crippen LogP contribution in [0.2, 0.25) is 0 Å². The Balaban J connectivity index is 2.03. The lowest BCUT2D eigenvalue weighted by atomic mass is 10.2. The van der Waals surface area contributed by atoms with Crippen LogP contribution in [0.5, 0.6) is 5.75 Å². The van der Waals surface area contributed by atoms with Gasteiger partial charge < -0.3 is 14.3 Å². The van der Waals surface area contributed by atoms with Crippen LogP contribution in [0.1, 0.15) is 32.2 Å². The van der Waals surface area contributed by atoms with Crippen LogP contribution in [0.3, 0.4) is 0 Å². The Morgan fingerprint density at radius 2 is 2.05 bits per heavy atom. The van der Waals surface area contributed by atoms with Crippen molar-refractivity contribution in [2.75, 3.05) is 0 Å².